The Hall–Kier alpha value is -2.98. The Morgan fingerprint density at radius 3 is 2.08 bits per heavy atom. The molecule has 0 spiro atoms. The summed E-state index contributed by atoms with van der Waals surface area (Å²) in [5.74, 6) is -1.11. The van der Waals surface area contributed by atoms with Crippen LogP contribution in [-0.2, 0) is 29.9 Å². The van der Waals surface area contributed by atoms with Crippen LogP contribution >= 0.6 is 11.6 Å². The smallest absolute Gasteiger partial charge is 0.222 e. The molecule has 1 aromatic heterocycles. The zero-order valence-corrected chi connectivity index (χ0v) is 22.7. The molecule has 39 heavy (non-hydrogen) atoms. The minimum atomic E-state index is -5.68. The number of nitrogens with one attached hydrogen (secondary N) is 1. The summed E-state index contributed by atoms with van der Waals surface area (Å²) in [4.78, 5) is -1.24. The van der Waals surface area contributed by atoms with Crippen LogP contribution in [0.2, 0.25) is 5.02 Å². The fraction of sp³-hybridized carbons (Fsp3) is 0.130. The molecule has 3 aromatic carbocycles. The fourth-order valence-corrected chi connectivity index (χ4v) is 8.06. The Morgan fingerprint density at radius 1 is 0.872 bits per heavy atom. The first-order chi connectivity index (χ1) is 18.0. The second-order valence-electron chi connectivity index (χ2n) is 8.25. The van der Waals surface area contributed by atoms with Crippen molar-refractivity contribution in [3.8, 4) is 0 Å². The van der Waals surface area contributed by atoms with Gasteiger partial charge in [-0.3, -0.25) is 0 Å². The van der Waals surface area contributed by atoms with E-state index in [1.807, 2.05) is 0 Å². The van der Waals surface area contributed by atoms with Gasteiger partial charge >= 0.3 is 15.5 Å². The molecule has 1 atom stereocenters. The monoisotopic (exact) mass is 624 g/mol. The summed E-state index contributed by atoms with van der Waals surface area (Å²) in [6.45, 7) is 1.12. The minimum absolute atomic E-state index is 0.00641. The molecule has 0 amide bonds. The summed E-state index contributed by atoms with van der Waals surface area (Å²) in [7, 11) is -15.1. The summed E-state index contributed by atoms with van der Waals surface area (Å²) in [6, 6.07) is 12.1. The molecule has 0 radical (unpaired) electrons. The first kappa shape index (κ1) is 29.0. The van der Waals surface area contributed by atoms with Crippen molar-refractivity contribution in [2.45, 2.75) is 33.3 Å². The molecule has 1 unspecified atom stereocenters. The van der Waals surface area contributed by atoms with Crippen LogP contribution in [0.4, 0.5) is 17.6 Å². The number of alkyl halides is 3. The molecule has 0 saturated heterocycles. The number of nitrogens with zero attached hydrogens (tertiary/aromatic N) is 1. The van der Waals surface area contributed by atoms with Crippen LogP contribution in [0.1, 0.15) is 18.5 Å². The third kappa shape index (κ3) is 5.28. The van der Waals surface area contributed by atoms with Gasteiger partial charge in [0.25, 0.3) is 10.0 Å². The summed E-state index contributed by atoms with van der Waals surface area (Å²) in [6.07, 6.45) is 0. The number of rotatable bonds is 7. The number of sulfonamides is 1. The second-order valence-corrected chi connectivity index (χ2v) is 14.0. The Balaban J connectivity index is 1.84. The van der Waals surface area contributed by atoms with Crippen molar-refractivity contribution in [1.29, 1.82) is 0 Å². The second kappa shape index (κ2) is 9.89. The zero-order valence-electron chi connectivity index (χ0n) is 19.5. The van der Waals surface area contributed by atoms with Crippen LogP contribution in [0.15, 0.2) is 87.6 Å². The normalized spacial score (nSPS) is 14.0. The van der Waals surface area contributed by atoms with Gasteiger partial charge in [0.05, 0.1) is 10.4 Å². The lowest BCUT2D eigenvalue weighted by atomic mass is 10.1. The molecule has 0 bridgehead atoms. The molecule has 1 N–H and O–H groups in total. The highest BCUT2D eigenvalue weighted by molar-refractivity contribution is 7.93. The molecule has 0 aliphatic heterocycles. The molecule has 0 saturated carbocycles. The highest BCUT2D eigenvalue weighted by Gasteiger charge is 2.46. The third-order valence-corrected chi connectivity index (χ3v) is 10.8. The Kier molecular flexibility index (Phi) is 7.36. The molecule has 208 valence electrons. The van der Waals surface area contributed by atoms with Gasteiger partial charge in [0.1, 0.15) is 10.7 Å². The average molecular weight is 625 g/mol. The van der Waals surface area contributed by atoms with E-state index in [1.165, 1.54) is 35.1 Å². The quantitative estimate of drug-likeness (QED) is 0.289. The SMILES string of the molecule is CC(NS(=O)(=O)C(F)(F)F)c1ccc(S(=O)(=O)c2cc3cc(Cl)ccc3n2S(=O)(=O)c2ccccc2F)cc1. The van der Waals surface area contributed by atoms with Gasteiger partial charge in [-0.2, -0.15) is 13.2 Å². The lowest BCUT2D eigenvalue weighted by molar-refractivity contribution is -0.0450. The number of hydrogen-bond donors (Lipinski definition) is 1. The minimum Gasteiger partial charge on any atom is -0.222 e. The number of fused-ring (bicyclic) bond motifs is 1. The van der Waals surface area contributed by atoms with Crippen LogP contribution < -0.4 is 4.72 Å². The van der Waals surface area contributed by atoms with Gasteiger partial charge < -0.3 is 0 Å². The van der Waals surface area contributed by atoms with Gasteiger partial charge in [-0.1, -0.05) is 35.9 Å². The number of aromatic nitrogens is 1. The summed E-state index contributed by atoms with van der Waals surface area (Å²) < 4.78 is 132. The summed E-state index contributed by atoms with van der Waals surface area (Å²) in [5.41, 5.74) is -5.66. The third-order valence-electron chi connectivity index (χ3n) is 5.64. The highest BCUT2D eigenvalue weighted by atomic mass is 35.5. The van der Waals surface area contributed by atoms with Crippen LogP contribution in [0.5, 0.6) is 0 Å². The molecule has 16 heteroatoms. The largest absolute Gasteiger partial charge is 0.511 e. The van der Waals surface area contributed by atoms with Gasteiger partial charge in [-0.05, 0) is 61.0 Å². The molecule has 0 aliphatic rings. The number of hydrogen-bond acceptors (Lipinski definition) is 6. The van der Waals surface area contributed by atoms with Gasteiger partial charge in [-0.25, -0.2) is 38.3 Å². The maximum Gasteiger partial charge on any atom is 0.511 e. The Labute approximate surface area is 225 Å². The van der Waals surface area contributed by atoms with E-state index < -0.39 is 62.1 Å². The highest BCUT2D eigenvalue weighted by Crippen LogP contribution is 2.34. The molecule has 4 rings (SSSR count). The summed E-state index contributed by atoms with van der Waals surface area (Å²) >= 11 is 6.00. The van der Waals surface area contributed by atoms with E-state index in [4.69, 9.17) is 11.6 Å². The van der Waals surface area contributed by atoms with Crippen molar-refractivity contribution in [1.82, 2.24) is 8.69 Å². The Morgan fingerprint density at radius 2 is 1.49 bits per heavy atom. The zero-order chi connectivity index (χ0) is 29.0. The van der Waals surface area contributed by atoms with Crippen LogP contribution in [0, 0.1) is 5.82 Å². The van der Waals surface area contributed by atoms with Gasteiger partial charge in [0.15, 0.2) is 5.03 Å². The first-order valence-electron chi connectivity index (χ1n) is 10.7. The first-order valence-corrected chi connectivity index (χ1v) is 15.5. The van der Waals surface area contributed by atoms with Crippen molar-refractivity contribution in [2.75, 3.05) is 0 Å². The summed E-state index contributed by atoms with van der Waals surface area (Å²) in [5, 5.41) is -0.457. The molecule has 8 nitrogen and oxygen atoms in total. The number of halogens is 5. The van der Waals surface area contributed by atoms with Gasteiger partial charge in [-0.15, -0.1) is 0 Å². The fourth-order valence-electron chi connectivity index (χ4n) is 3.75. The van der Waals surface area contributed by atoms with E-state index in [9.17, 15) is 42.8 Å². The number of sulfone groups is 1. The maximum atomic E-state index is 14.5. The van der Waals surface area contributed by atoms with E-state index in [-0.39, 0.29) is 21.5 Å². The van der Waals surface area contributed by atoms with Crippen molar-refractivity contribution in [2.24, 2.45) is 0 Å². The van der Waals surface area contributed by atoms with E-state index in [0.29, 0.717) is 3.97 Å². The molecule has 4 aromatic rings. The van der Waals surface area contributed by atoms with Crippen molar-refractivity contribution < 1.29 is 42.8 Å². The lowest BCUT2D eigenvalue weighted by Gasteiger charge is -2.17. The topological polar surface area (TPSA) is 119 Å². The maximum absolute atomic E-state index is 14.5. The average Bonchev–Trinajstić information content (AvgIpc) is 3.23. The number of benzene rings is 3. The Bertz CT molecular complexity index is 1910. The van der Waals surface area contributed by atoms with E-state index >= 15 is 0 Å². The van der Waals surface area contributed by atoms with Crippen molar-refractivity contribution in [3.63, 3.8) is 0 Å². The van der Waals surface area contributed by atoms with Crippen LogP contribution in [0.25, 0.3) is 10.9 Å². The van der Waals surface area contributed by atoms with E-state index in [0.717, 1.165) is 49.4 Å². The van der Waals surface area contributed by atoms with Crippen LogP contribution in [-0.4, -0.2) is 34.7 Å². The standard InChI is InChI=1S/C23H17ClF4N2O6S3/c1-14(29-39(35,36)23(26,27)28)15-6-9-18(10-7-15)37(31,32)22-13-16-12-17(24)8-11-20(16)30(22)38(33,34)21-5-3-2-4-19(21)25/h2-14,29H,1H3. The van der Waals surface area contributed by atoms with E-state index in [1.54, 1.807) is 0 Å². The molecule has 0 aliphatic carbocycles. The van der Waals surface area contributed by atoms with E-state index in [2.05, 4.69) is 0 Å². The predicted molar refractivity (Wildman–Crippen MR) is 134 cm³/mol. The van der Waals surface area contributed by atoms with Crippen molar-refractivity contribution >= 4 is 52.4 Å². The van der Waals surface area contributed by atoms with Crippen LogP contribution in [0.3, 0.4) is 0 Å². The molecular formula is C23H17ClF4N2O6S3. The van der Waals surface area contributed by atoms with Gasteiger partial charge in [0.2, 0.25) is 9.84 Å². The van der Waals surface area contributed by atoms with Crippen molar-refractivity contribution in [3.05, 3.63) is 89.2 Å². The molecule has 0 fully saturated rings. The lowest BCUT2D eigenvalue weighted by Crippen LogP contribution is -2.37. The molecular weight excluding hydrogens is 608 g/mol. The molecule has 1 heterocycles. The predicted octanol–water partition coefficient (Wildman–Crippen LogP) is 5.00. The van der Waals surface area contributed by atoms with Gasteiger partial charge in [0, 0.05) is 16.5 Å².